The van der Waals surface area contributed by atoms with Gasteiger partial charge in [0, 0.05) is 32.5 Å². The Labute approximate surface area is 191 Å². The maximum absolute atomic E-state index is 13.1. The van der Waals surface area contributed by atoms with Gasteiger partial charge < -0.3 is 20.9 Å². The molecular weight excluding hydrogens is 435 g/mol. The van der Waals surface area contributed by atoms with Crippen molar-refractivity contribution in [1.82, 2.24) is 15.5 Å². The highest BCUT2D eigenvalue weighted by atomic mass is 35.5. The standard InChI is InChI=1S/C23H26ClFN4O3/c1-15(30)26-21(14-16-6-8-17(25)9-7-16)22(31)27-18-10-12-29(13-11-18)23(32)28-20-5-3-2-4-19(20)24/h2-9,18,21H,10-14H2,1H3,(H,26,30)(H,27,31)(H,28,32). The third-order valence-corrected chi connectivity index (χ3v) is 5.62. The number of benzene rings is 2. The molecule has 0 spiro atoms. The van der Waals surface area contributed by atoms with Crippen LogP contribution >= 0.6 is 11.6 Å². The van der Waals surface area contributed by atoms with E-state index in [2.05, 4.69) is 16.0 Å². The number of halogens is 2. The van der Waals surface area contributed by atoms with E-state index in [1.165, 1.54) is 19.1 Å². The van der Waals surface area contributed by atoms with Gasteiger partial charge in [-0.05, 0) is 42.7 Å². The second-order valence-corrected chi connectivity index (χ2v) is 8.17. The molecule has 7 nitrogen and oxygen atoms in total. The Morgan fingerprint density at radius 1 is 1.09 bits per heavy atom. The Hall–Kier alpha value is -3.13. The smallest absolute Gasteiger partial charge is 0.321 e. The molecule has 32 heavy (non-hydrogen) atoms. The molecule has 3 N–H and O–H groups in total. The minimum Gasteiger partial charge on any atom is -0.351 e. The second kappa shape index (κ2) is 10.9. The first kappa shape index (κ1) is 23.5. The molecule has 2 aromatic carbocycles. The molecule has 2 aromatic rings. The van der Waals surface area contributed by atoms with E-state index in [1.807, 2.05) is 0 Å². The summed E-state index contributed by atoms with van der Waals surface area (Å²) in [5.74, 6) is -0.985. The largest absolute Gasteiger partial charge is 0.351 e. The second-order valence-electron chi connectivity index (χ2n) is 7.76. The van der Waals surface area contributed by atoms with Crippen molar-refractivity contribution in [2.45, 2.75) is 38.3 Å². The average molecular weight is 461 g/mol. The van der Waals surface area contributed by atoms with E-state index in [0.29, 0.717) is 36.6 Å². The molecule has 9 heteroatoms. The van der Waals surface area contributed by atoms with Crippen LogP contribution in [0.5, 0.6) is 0 Å². The van der Waals surface area contributed by atoms with E-state index < -0.39 is 6.04 Å². The van der Waals surface area contributed by atoms with E-state index >= 15 is 0 Å². The van der Waals surface area contributed by atoms with E-state index in [0.717, 1.165) is 5.56 Å². The van der Waals surface area contributed by atoms with Crippen LogP contribution in [0.3, 0.4) is 0 Å². The van der Waals surface area contributed by atoms with Crippen molar-refractivity contribution < 1.29 is 18.8 Å². The van der Waals surface area contributed by atoms with E-state index in [9.17, 15) is 18.8 Å². The zero-order valence-electron chi connectivity index (χ0n) is 17.7. The molecule has 0 radical (unpaired) electrons. The Balaban J connectivity index is 1.52. The predicted molar refractivity (Wildman–Crippen MR) is 121 cm³/mol. The summed E-state index contributed by atoms with van der Waals surface area (Å²) in [4.78, 5) is 38.6. The van der Waals surface area contributed by atoms with E-state index in [1.54, 1.807) is 41.3 Å². The minimum atomic E-state index is -0.764. The van der Waals surface area contributed by atoms with Crippen LogP contribution in [0.15, 0.2) is 48.5 Å². The van der Waals surface area contributed by atoms with Crippen molar-refractivity contribution in [1.29, 1.82) is 0 Å². The number of hydrogen-bond acceptors (Lipinski definition) is 3. The Morgan fingerprint density at radius 3 is 2.38 bits per heavy atom. The van der Waals surface area contributed by atoms with Gasteiger partial charge >= 0.3 is 6.03 Å². The number of nitrogens with zero attached hydrogens (tertiary/aromatic N) is 1. The summed E-state index contributed by atoms with van der Waals surface area (Å²) in [6, 6.07) is 11.7. The van der Waals surface area contributed by atoms with Crippen molar-refractivity contribution >= 4 is 35.1 Å². The summed E-state index contributed by atoms with van der Waals surface area (Å²) < 4.78 is 13.1. The number of para-hydroxylation sites is 1. The molecule has 0 saturated carbocycles. The van der Waals surface area contributed by atoms with Gasteiger partial charge in [-0.1, -0.05) is 35.9 Å². The zero-order valence-corrected chi connectivity index (χ0v) is 18.5. The van der Waals surface area contributed by atoms with Crippen LogP contribution in [-0.4, -0.2) is 47.9 Å². The topological polar surface area (TPSA) is 90.5 Å². The van der Waals surface area contributed by atoms with Gasteiger partial charge in [-0.25, -0.2) is 9.18 Å². The molecule has 1 unspecified atom stereocenters. The highest BCUT2D eigenvalue weighted by Crippen LogP contribution is 2.21. The van der Waals surface area contributed by atoms with Gasteiger partial charge in [0.2, 0.25) is 11.8 Å². The maximum atomic E-state index is 13.1. The first-order valence-corrected chi connectivity index (χ1v) is 10.8. The SMILES string of the molecule is CC(=O)NC(Cc1ccc(F)cc1)C(=O)NC1CCN(C(=O)Nc2ccccc2Cl)CC1. The maximum Gasteiger partial charge on any atom is 0.321 e. The lowest BCUT2D eigenvalue weighted by molar-refractivity contribution is -0.128. The molecule has 3 rings (SSSR count). The van der Waals surface area contributed by atoms with Crippen molar-refractivity contribution in [3.63, 3.8) is 0 Å². The van der Waals surface area contributed by atoms with Crippen LogP contribution in [-0.2, 0) is 16.0 Å². The number of anilines is 1. The third-order valence-electron chi connectivity index (χ3n) is 5.29. The van der Waals surface area contributed by atoms with Crippen LogP contribution in [0.2, 0.25) is 5.02 Å². The number of nitrogens with one attached hydrogen (secondary N) is 3. The predicted octanol–water partition coefficient (Wildman–Crippen LogP) is 3.34. The third kappa shape index (κ3) is 6.68. The van der Waals surface area contributed by atoms with Crippen LogP contribution in [0.4, 0.5) is 14.9 Å². The van der Waals surface area contributed by atoms with Gasteiger partial charge in [0.1, 0.15) is 11.9 Å². The summed E-state index contributed by atoms with van der Waals surface area (Å²) in [5.41, 5.74) is 1.29. The van der Waals surface area contributed by atoms with Crippen molar-refractivity contribution in [3.8, 4) is 0 Å². The number of hydrogen-bond donors (Lipinski definition) is 3. The lowest BCUT2D eigenvalue weighted by Crippen LogP contribution is -2.53. The van der Waals surface area contributed by atoms with Gasteiger partial charge in [-0.2, -0.15) is 0 Å². The Bertz CT molecular complexity index is 962. The lowest BCUT2D eigenvalue weighted by Gasteiger charge is -2.33. The number of urea groups is 1. The number of rotatable bonds is 6. The summed E-state index contributed by atoms with van der Waals surface area (Å²) in [6.07, 6.45) is 1.43. The number of carbonyl (C=O) groups is 3. The molecule has 1 fully saturated rings. The summed E-state index contributed by atoms with van der Waals surface area (Å²) in [6.45, 7) is 2.30. The van der Waals surface area contributed by atoms with Gasteiger partial charge in [0.15, 0.2) is 0 Å². The number of carbonyl (C=O) groups excluding carboxylic acids is 3. The molecule has 1 aliphatic rings. The van der Waals surface area contributed by atoms with Gasteiger partial charge in [-0.3, -0.25) is 9.59 Å². The first-order chi connectivity index (χ1) is 15.3. The highest BCUT2D eigenvalue weighted by molar-refractivity contribution is 6.33. The molecular formula is C23H26ClFN4O3. The molecule has 0 aliphatic carbocycles. The molecule has 1 heterocycles. The van der Waals surface area contributed by atoms with Crippen molar-refractivity contribution in [2.24, 2.45) is 0 Å². The molecule has 1 aliphatic heterocycles. The quantitative estimate of drug-likeness (QED) is 0.617. The van der Waals surface area contributed by atoms with Crippen LogP contribution in [0.1, 0.15) is 25.3 Å². The number of piperidine rings is 1. The molecule has 1 saturated heterocycles. The first-order valence-electron chi connectivity index (χ1n) is 10.4. The summed E-state index contributed by atoms with van der Waals surface area (Å²) in [5, 5.41) is 8.89. The van der Waals surface area contributed by atoms with Crippen molar-refractivity contribution in [2.75, 3.05) is 18.4 Å². The average Bonchev–Trinajstić information content (AvgIpc) is 2.76. The fraction of sp³-hybridized carbons (Fsp3) is 0.348. The molecule has 4 amide bonds. The van der Waals surface area contributed by atoms with Crippen LogP contribution < -0.4 is 16.0 Å². The molecule has 170 valence electrons. The molecule has 0 bridgehead atoms. The monoisotopic (exact) mass is 460 g/mol. The number of amides is 4. The van der Waals surface area contributed by atoms with Gasteiger partial charge in [-0.15, -0.1) is 0 Å². The number of likely N-dealkylation sites (tertiary alicyclic amines) is 1. The minimum absolute atomic E-state index is 0.115. The lowest BCUT2D eigenvalue weighted by atomic mass is 10.0. The summed E-state index contributed by atoms with van der Waals surface area (Å²) >= 11 is 6.09. The van der Waals surface area contributed by atoms with E-state index in [-0.39, 0.29) is 36.1 Å². The van der Waals surface area contributed by atoms with Crippen molar-refractivity contribution in [3.05, 3.63) is 64.9 Å². The fourth-order valence-corrected chi connectivity index (χ4v) is 3.78. The Morgan fingerprint density at radius 2 is 1.75 bits per heavy atom. The normalized spacial score (nSPS) is 15.0. The molecule has 1 atom stereocenters. The van der Waals surface area contributed by atoms with Crippen LogP contribution in [0.25, 0.3) is 0 Å². The fourth-order valence-electron chi connectivity index (χ4n) is 3.60. The molecule has 0 aromatic heterocycles. The van der Waals surface area contributed by atoms with Crippen LogP contribution in [0, 0.1) is 5.82 Å². The highest BCUT2D eigenvalue weighted by Gasteiger charge is 2.27. The van der Waals surface area contributed by atoms with Gasteiger partial charge in [0.05, 0.1) is 10.7 Å². The summed E-state index contributed by atoms with van der Waals surface area (Å²) in [7, 11) is 0. The zero-order chi connectivity index (χ0) is 23.1. The Kier molecular flexibility index (Phi) is 8.05. The van der Waals surface area contributed by atoms with E-state index in [4.69, 9.17) is 11.6 Å². The van der Waals surface area contributed by atoms with Gasteiger partial charge in [0.25, 0.3) is 0 Å².